The first-order valence-corrected chi connectivity index (χ1v) is 25.8. The van der Waals surface area contributed by atoms with Gasteiger partial charge in [0.25, 0.3) is 0 Å². The van der Waals surface area contributed by atoms with Crippen molar-refractivity contribution >= 4 is 17.9 Å². The van der Waals surface area contributed by atoms with Gasteiger partial charge in [0, 0.05) is 19.3 Å². The van der Waals surface area contributed by atoms with Crippen LogP contribution in [-0.2, 0) is 28.6 Å². The molecule has 6 heteroatoms. The van der Waals surface area contributed by atoms with Gasteiger partial charge >= 0.3 is 17.9 Å². The molecule has 0 bridgehead atoms. The first kappa shape index (κ1) is 56.4. The minimum Gasteiger partial charge on any atom is -0.462 e. The normalized spacial score (nSPS) is 12.5. The molecule has 344 valence electrons. The molecule has 0 aliphatic heterocycles. The highest BCUT2D eigenvalue weighted by molar-refractivity contribution is 5.71. The zero-order valence-electron chi connectivity index (χ0n) is 39.7. The maximum absolute atomic E-state index is 12.8. The summed E-state index contributed by atoms with van der Waals surface area (Å²) in [4.78, 5) is 37.9. The van der Waals surface area contributed by atoms with E-state index in [2.05, 4.69) is 34.6 Å². The Morgan fingerprint density at radius 2 is 0.655 bits per heavy atom. The standard InChI is InChI=1S/C52H100O6/c1-6-8-9-10-11-12-13-14-15-16-17-18-19-20-21-22-27-34-39-44-52(55)58-49(46-57-51(54)43-38-33-29-28-31-36-41-48(5)7-2)45-56-50(53)42-37-32-26-24-23-25-30-35-40-47(3)4/h47-49H,6-46H2,1-5H3/t48?,49-/m0/s1. The molecular formula is C52H100O6. The Bertz CT molecular complexity index is 887. The van der Waals surface area contributed by atoms with E-state index in [9.17, 15) is 14.4 Å². The molecule has 0 aromatic carbocycles. The maximum Gasteiger partial charge on any atom is 0.306 e. The third kappa shape index (κ3) is 44.0. The van der Waals surface area contributed by atoms with Crippen LogP contribution in [0.3, 0.4) is 0 Å². The molecule has 0 aromatic rings. The molecule has 0 N–H and O–H groups in total. The van der Waals surface area contributed by atoms with E-state index in [1.165, 1.54) is 173 Å². The molecule has 2 atom stereocenters. The second-order valence-electron chi connectivity index (χ2n) is 18.5. The van der Waals surface area contributed by atoms with E-state index in [0.29, 0.717) is 19.3 Å². The number of carbonyl (C=O) groups excluding carboxylic acids is 3. The highest BCUT2D eigenvalue weighted by Crippen LogP contribution is 2.18. The van der Waals surface area contributed by atoms with E-state index in [-0.39, 0.29) is 31.1 Å². The smallest absolute Gasteiger partial charge is 0.306 e. The van der Waals surface area contributed by atoms with Crippen LogP contribution in [0.1, 0.15) is 285 Å². The molecule has 0 radical (unpaired) electrons. The van der Waals surface area contributed by atoms with Gasteiger partial charge in [-0.2, -0.15) is 0 Å². The molecule has 0 saturated carbocycles. The summed E-state index contributed by atoms with van der Waals surface area (Å²) in [5, 5.41) is 0. The summed E-state index contributed by atoms with van der Waals surface area (Å²) in [5.74, 6) is 0.756. The van der Waals surface area contributed by atoms with E-state index < -0.39 is 6.10 Å². The first-order valence-electron chi connectivity index (χ1n) is 25.8. The molecule has 0 aromatic heterocycles. The topological polar surface area (TPSA) is 78.9 Å². The second-order valence-corrected chi connectivity index (χ2v) is 18.5. The van der Waals surface area contributed by atoms with Gasteiger partial charge in [0.05, 0.1) is 0 Å². The predicted molar refractivity (Wildman–Crippen MR) is 247 cm³/mol. The van der Waals surface area contributed by atoms with Crippen LogP contribution in [0.2, 0.25) is 0 Å². The Kier molecular flexibility index (Phi) is 43.7. The van der Waals surface area contributed by atoms with E-state index in [0.717, 1.165) is 69.6 Å². The van der Waals surface area contributed by atoms with Crippen LogP contribution >= 0.6 is 0 Å². The number of esters is 3. The highest BCUT2D eigenvalue weighted by atomic mass is 16.6. The molecule has 0 spiro atoms. The number of ether oxygens (including phenoxy) is 3. The lowest BCUT2D eigenvalue weighted by atomic mass is 10.00. The van der Waals surface area contributed by atoms with Crippen molar-refractivity contribution in [1.29, 1.82) is 0 Å². The van der Waals surface area contributed by atoms with Crippen LogP contribution in [0.25, 0.3) is 0 Å². The number of hydrogen-bond acceptors (Lipinski definition) is 6. The van der Waals surface area contributed by atoms with Gasteiger partial charge in [-0.1, -0.05) is 247 Å². The molecule has 0 fully saturated rings. The molecule has 6 nitrogen and oxygen atoms in total. The van der Waals surface area contributed by atoms with Crippen molar-refractivity contribution in [2.75, 3.05) is 13.2 Å². The van der Waals surface area contributed by atoms with E-state index >= 15 is 0 Å². The van der Waals surface area contributed by atoms with Crippen LogP contribution in [-0.4, -0.2) is 37.2 Å². The van der Waals surface area contributed by atoms with Gasteiger partial charge in [-0.15, -0.1) is 0 Å². The lowest BCUT2D eigenvalue weighted by Gasteiger charge is -2.18. The van der Waals surface area contributed by atoms with Gasteiger partial charge < -0.3 is 14.2 Å². The highest BCUT2D eigenvalue weighted by Gasteiger charge is 2.19. The predicted octanol–water partition coefficient (Wildman–Crippen LogP) is 16.5. The molecule has 0 amide bonds. The lowest BCUT2D eigenvalue weighted by Crippen LogP contribution is -2.30. The molecule has 58 heavy (non-hydrogen) atoms. The van der Waals surface area contributed by atoms with E-state index in [1.807, 2.05) is 0 Å². The monoisotopic (exact) mass is 821 g/mol. The average molecular weight is 821 g/mol. The van der Waals surface area contributed by atoms with Gasteiger partial charge in [-0.25, -0.2) is 0 Å². The fourth-order valence-electron chi connectivity index (χ4n) is 7.78. The third-order valence-electron chi connectivity index (χ3n) is 12.1. The summed E-state index contributed by atoms with van der Waals surface area (Å²) in [5.41, 5.74) is 0. The summed E-state index contributed by atoms with van der Waals surface area (Å²) in [6, 6.07) is 0. The number of hydrogen-bond donors (Lipinski definition) is 0. The Morgan fingerprint density at radius 3 is 0.983 bits per heavy atom. The van der Waals surface area contributed by atoms with Crippen LogP contribution in [0.15, 0.2) is 0 Å². The number of unbranched alkanes of at least 4 members (excludes halogenated alkanes) is 30. The fourth-order valence-corrected chi connectivity index (χ4v) is 7.78. The summed E-state index contributed by atoms with van der Waals surface area (Å²) >= 11 is 0. The Labute approximate surface area is 361 Å². The molecule has 0 aliphatic carbocycles. The first-order chi connectivity index (χ1) is 28.3. The molecular weight excluding hydrogens is 721 g/mol. The van der Waals surface area contributed by atoms with Crippen molar-refractivity contribution in [3.8, 4) is 0 Å². The van der Waals surface area contributed by atoms with Gasteiger partial charge in [-0.05, 0) is 31.1 Å². The minimum absolute atomic E-state index is 0.0654. The fraction of sp³-hybridized carbons (Fsp3) is 0.942. The van der Waals surface area contributed by atoms with Gasteiger partial charge in [-0.3, -0.25) is 14.4 Å². The molecule has 0 aliphatic rings. The van der Waals surface area contributed by atoms with Gasteiger partial charge in [0.2, 0.25) is 0 Å². The number of rotatable bonds is 46. The summed E-state index contributed by atoms with van der Waals surface area (Å²) < 4.78 is 16.8. The largest absolute Gasteiger partial charge is 0.462 e. The van der Waals surface area contributed by atoms with Crippen molar-refractivity contribution in [2.45, 2.75) is 291 Å². The SMILES string of the molecule is CCCCCCCCCCCCCCCCCCCCCC(=O)O[C@@H](COC(=O)CCCCCCCCCCC(C)C)COC(=O)CCCCCCCCC(C)CC. The number of carbonyl (C=O) groups is 3. The zero-order chi connectivity index (χ0) is 42.6. The van der Waals surface area contributed by atoms with Crippen molar-refractivity contribution in [2.24, 2.45) is 11.8 Å². The van der Waals surface area contributed by atoms with Crippen LogP contribution in [0.4, 0.5) is 0 Å². The van der Waals surface area contributed by atoms with Crippen LogP contribution < -0.4 is 0 Å². The van der Waals surface area contributed by atoms with E-state index in [1.54, 1.807) is 0 Å². The average Bonchev–Trinajstić information content (AvgIpc) is 3.21. The van der Waals surface area contributed by atoms with Gasteiger partial charge in [0.1, 0.15) is 13.2 Å². The Balaban J connectivity index is 4.25. The lowest BCUT2D eigenvalue weighted by molar-refractivity contribution is -0.167. The van der Waals surface area contributed by atoms with Crippen molar-refractivity contribution in [1.82, 2.24) is 0 Å². The minimum atomic E-state index is -0.762. The molecule has 0 rings (SSSR count). The van der Waals surface area contributed by atoms with Crippen molar-refractivity contribution in [3.05, 3.63) is 0 Å². The molecule has 0 heterocycles. The van der Waals surface area contributed by atoms with Crippen LogP contribution in [0, 0.1) is 11.8 Å². The molecule has 0 saturated heterocycles. The Morgan fingerprint density at radius 1 is 0.362 bits per heavy atom. The Hall–Kier alpha value is -1.59. The van der Waals surface area contributed by atoms with Crippen molar-refractivity contribution in [3.63, 3.8) is 0 Å². The second kappa shape index (κ2) is 44.9. The zero-order valence-corrected chi connectivity index (χ0v) is 39.7. The van der Waals surface area contributed by atoms with Gasteiger partial charge in [0.15, 0.2) is 6.10 Å². The summed E-state index contributed by atoms with van der Waals surface area (Å²) in [7, 11) is 0. The quantitative estimate of drug-likeness (QED) is 0.0346. The molecule has 1 unspecified atom stereocenters. The summed E-state index contributed by atoms with van der Waals surface area (Å²) in [6.07, 6.45) is 45.3. The van der Waals surface area contributed by atoms with Crippen LogP contribution in [0.5, 0.6) is 0 Å². The summed E-state index contributed by atoms with van der Waals surface area (Å²) in [6.45, 7) is 11.3. The van der Waals surface area contributed by atoms with E-state index in [4.69, 9.17) is 14.2 Å². The maximum atomic E-state index is 12.8. The third-order valence-corrected chi connectivity index (χ3v) is 12.1. The van der Waals surface area contributed by atoms with Crippen molar-refractivity contribution < 1.29 is 28.6 Å².